The van der Waals surface area contributed by atoms with Crippen LogP contribution in [0.2, 0.25) is 0 Å². The molecule has 0 aromatic rings. The molecule has 2 nitrogen and oxygen atoms in total. The topological polar surface area (TPSA) is 20.3 Å². The fourth-order valence-electron chi connectivity index (χ4n) is 0.877. The zero-order valence-corrected chi connectivity index (χ0v) is 8.72. The molecule has 0 bridgehead atoms. The second kappa shape index (κ2) is 4.96. The fraction of sp³-hybridized carbons (Fsp3) is 0.700. The molecule has 0 fully saturated rings. The van der Waals surface area contributed by atoms with Gasteiger partial charge in [-0.1, -0.05) is 19.9 Å². The highest BCUT2D eigenvalue weighted by atomic mass is 16.2. The van der Waals surface area contributed by atoms with Crippen molar-refractivity contribution in [3.8, 4) is 0 Å². The Morgan fingerprint density at radius 2 is 2.00 bits per heavy atom. The first-order valence-corrected chi connectivity index (χ1v) is 4.38. The van der Waals surface area contributed by atoms with Gasteiger partial charge >= 0.3 is 0 Å². The molecule has 0 saturated heterocycles. The van der Waals surface area contributed by atoms with Crippen molar-refractivity contribution in [3.05, 3.63) is 11.8 Å². The molecule has 0 heterocycles. The molecular weight excluding hydrogens is 150 g/mol. The highest BCUT2D eigenvalue weighted by Gasteiger charge is 2.10. The molecular formula is C10H19NO. The first-order valence-electron chi connectivity index (χ1n) is 4.38. The SMILES string of the molecule is CC=C(C)N(C)C(=O)CC(C)C. The Balaban J connectivity index is 4.11. The Labute approximate surface area is 75.3 Å². The standard InChI is InChI=1S/C10H19NO/c1-6-9(4)11(5)10(12)7-8(2)3/h6,8H,7H2,1-5H3. The minimum atomic E-state index is 0.195. The molecule has 0 radical (unpaired) electrons. The van der Waals surface area contributed by atoms with Crippen LogP contribution in [0.25, 0.3) is 0 Å². The molecule has 0 rings (SSSR count). The molecule has 0 unspecified atom stereocenters. The Kier molecular flexibility index (Phi) is 4.64. The molecule has 0 atom stereocenters. The van der Waals surface area contributed by atoms with Crippen molar-refractivity contribution in [2.45, 2.75) is 34.1 Å². The Bertz CT molecular complexity index is 182. The van der Waals surface area contributed by atoms with E-state index in [0.29, 0.717) is 12.3 Å². The van der Waals surface area contributed by atoms with Crippen molar-refractivity contribution >= 4 is 5.91 Å². The molecule has 0 aliphatic heterocycles. The van der Waals surface area contributed by atoms with Crippen LogP contribution in [0, 0.1) is 5.92 Å². The summed E-state index contributed by atoms with van der Waals surface area (Å²) in [5, 5.41) is 0. The highest BCUT2D eigenvalue weighted by molar-refractivity contribution is 5.77. The molecule has 1 amide bonds. The molecule has 0 N–H and O–H groups in total. The molecule has 0 aromatic carbocycles. The van der Waals surface area contributed by atoms with Gasteiger partial charge in [-0.05, 0) is 19.8 Å². The van der Waals surface area contributed by atoms with Crippen LogP contribution in [0.4, 0.5) is 0 Å². The van der Waals surface area contributed by atoms with Crippen molar-refractivity contribution in [2.75, 3.05) is 7.05 Å². The minimum Gasteiger partial charge on any atom is -0.320 e. The van der Waals surface area contributed by atoms with Gasteiger partial charge in [-0.2, -0.15) is 0 Å². The average molecular weight is 169 g/mol. The summed E-state index contributed by atoms with van der Waals surface area (Å²) < 4.78 is 0. The summed E-state index contributed by atoms with van der Waals surface area (Å²) >= 11 is 0. The minimum absolute atomic E-state index is 0.195. The third-order valence-electron chi connectivity index (χ3n) is 1.90. The summed E-state index contributed by atoms with van der Waals surface area (Å²) in [6, 6.07) is 0. The van der Waals surface area contributed by atoms with Gasteiger partial charge in [-0.25, -0.2) is 0 Å². The van der Waals surface area contributed by atoms with Crippen molar-refractivity contribution in [1.82, 2.24) is 4.90 Å². The van der Waals surface area contributed by atoms with Gasteiger partial charge in [0.2, 0.25) is 5.91 Å². The van der Waals surface area contributed by atoms with Crippen LogP contribution >= 0.6 is 0 Å². The largest absolute Gasteiger partial charge is 0.320 e. The molecule has 12 heavy (non-hydrogen) atoms. The van der Waals surface area contributed by atoms with Crippen molar-refractivity contribution in [1.29, 1.82) is 0 Å². The lowest BCUT2D eigenvalue weighted by atomic mass is 10.1. The summed E-state index contributed by atoms with van der Waals surface area (Å²) in [5.74, 6) is 0.630. The van der Waals surface area contributed by atoms with E-state index in [2.05, 4.69) is 13.8 Å². The van der Waals surface area contributed by atoms with Gasteiger partial charge in [0.1, 0.15) is 0 Å². The van der Waals surface area contributed by atoms with E-state index >= 15 is 0 Å². The van der Waals surface area contributed by atoms with E-state index in [9.17, 15) is 4.79 Å². The van der Waals surface area contributed by atoms with Gasteiger partial charge in [0.15, 0.2) is 0 Å². The van der Waals surface area contributed by atoms with Gasteiger partial charge in [-0.3, -0.25) is 4.79 Å². The number of carbonyl (C=O) groups is 1. The first-order chi connectivity index (χ1) is 5.49. The third-order valence-corrected chi connectivity index (χ3v) is 1.90. The van der Waals surface area contributed by atoms with Crippen LogP contribution in [0.1, 0.15) is 34.1 Å². The molecule has 0 saturated carbocycles. The smallest absolute Gasteiger partial charge is 0.226 e. The third kappa shape index (κ3) is 3.56. The zero-order chi connectivity index (χ0) is 9.72. The average Bonchev–Trinajstić information content (AvgIpc) is 2.00. The van der Waals surface area contributed by atoms with E-state index in [4.69, 9.17) is 0 Å². The van der Waals surface area contributed by atoms with Gasteiger partial charge < -0.3 is 4.90 Å². The van der Waals surface area contributed by atoms with Crippen molar-refractivity contribution < 1.29 is 4.79 Å². The fourth-order valence-corrected chi connectivity index (χ4v) is 0.877. The number of carbonyl (C=O) groups excluding carboxylic acids is 1. The number of rotatable bonds is 3. The normalized spacial score (nSPS) is 12.0. The van der Waals surface area contributed by atoms with Crippen LogP contribution in [0.5, 0.6) is 0 Å². The van der Waals surface area contributed by atoms with E-state index < -0.39 is 0 Å². The van der Waals surface area contributed by atoms with Crippen molar-refractivity contribution in [3.63, 3.8) is 0 Å². The summed E-state index contributed by atoms with van der Waals surface area (Å²) in [4.78, 5) is 13.1. The molecule has 0 spiro atoms. The van der Waals surface area contributed by atoms with Crippen LogP contribution in [-0.4, -0.2) is 17.9 Å². The predicted molar refractivity (Wildman–Crippen MR) is 51.7 cm³/mol. The molecule has 0 aliphatic rings. The van der Waals surface area contributed by atoms with Gasteiger partial charge in [-0.15, -0.1) is 0 Å². The summed E-state index contributed by atoms with van der Waals surface area (Å²) in [6.45, 7) is 7.99. The first kappa shape index (κ1) is 11.2. The maximum Gasteiger partial charge on any atom is 0.226 e. The van der Waals surface area contributed by atoms with Gasteiger partial charge in [0, 0.05) is 19.2 Å². The van der Waals surface area contributed by atoms with E-state index in [1.807, 2.05) is 27.0 Å². The second-order valence-corrected chi connectivity index (χ2v) is 3.48. The number of nitrogens with zero attached hydrogens (tertiary/aromatic N) is 1. The highest BCUT2D eigenvalue weighted by Crippen LogP contribution is 2.07. The van der Waals surface area contributed by atoms with E-state index in [-0.39, 0.29) is 5.91 Å². The zero-order valence-electron chi connectivity index (χ0n) is 8.72. The number of amides is 1. The van der Waals surface area contributed by atoms with E-state index in [1.165, 1.54) is 0 Å². The maximum absolute atomic E-state index is 11.4. The summed E-state index contributed by atoms with van der Waals surface area (Å²) in [7, 11) is 1.82. The summed E-state index contributed by atoms with van der Waals surface area (Å²) in [6.07, 6.45) is 2.57. The van der Waals surface area contributed by atoms with Crippen molar-refractivity contribution in [2.24, 2.45) is 5.92 Å². The van der Waals surface area contributed by atoms with Gasteiger partial charge in [0.25, 0.3) is 0 Å². The molecule has 2 heteroatoms. The number of hydrogen-bond donors (Lipinski definition) is 0. The van der Waals surface area contributed by atoms with E-state index in [0.717, 1.165) is 5.70 Å². The predicted octanol–water partition coefficient (Wildman–Crippen LogP) is 2.41. The van der Waals surface area contributed by atoms with Crippen LogP contribution in [-0.2, 0) is 4.79 Å². The quantitative estimate of drug-likeness (QED) is 0.635. The molecule has 0 aliphatic carbocycles. The molecule has 0 aromatic heterocycles. The maximum atomic E-state index is 11.4. The lowest BCUT2D eigenvalue weighted by Crippen LogP contribution is -2.25. The Hall–Kier alpha value is -0.790. The summed E-state index contributed by atoms with van der Waals surface area (Å²) in [5.41, 5.74) is 1.01. The van der Waals surface area contributed by atoms with Crippen LogP contribution in [0.3, 0.4) is 0 Å². The van der Waals surface area contributed by atoms with E-state index in [1.54, 1.807) is 4.90 Å². The molecule has 70 valence electrons. The van der Waals surface area contributed by atoms with Gasteiger partial charge in [0.05, 0.1) is 0 Å². The van der Waals surface area contributed by atoms with Crippen LogP contribution < -0.4 is 0 Å². The Morgan fingerprint density at radius 3 is 2.33 bits per heavy atom. The lowest BCUT2D eigenvalue weighted by molar-refractivity contribution is -0.128. The number of hydrogen-bond acceptors (Lipinski definition) is 1. The Morgan fingerprint density at radius 1 is 1.50 bits per heavy atom. The number of allylic oxidation sites excluding steroid dienone is 2. The second-order valence-electron chi connectivity index (χ2n) is 3.48. The van der Waals surface area contributed by atoms with Crippen LogP contribution in [0.15, 0.2) is 11.8 Å². The monoisotopic (exact) mass is 169 g/mol. The lowest BCUT2D eigenvalue weighted by Gasteiger charge is -2.18.